The molecule has 7 heteroatoms. The molecule has 0 aliphatic rings. The molecule has 0 saturated carbocycles. The SMILES string of the molecule is Cn1c(=O)c2c(nc(CO)n2Cc2ccc(-c3ccccc3)cc2)n(C)c1=O. The molecule has 0 spiro atoms. The van der Waals surface area contributed by atoms with Crippen LogP contribution in [0.15, 0.2) is 64.2 Å². The van der Waals surface area contributed by atoms with Crippen LogP contribution in [0.4, 0.5) is 0 Å². The van der Waals surface area contributed by atoms with Gasteiger partial charge in [0.1, 0.15) is 12.4 Å². The molecule has 0 unspecified atom stereocenters. The molecule has 1 N–H and O–H groups in total. The van der Waals surface area contributed by atoms with Crippen molar-refractivity contribution >= 4 is 11.2 Å². The fourth-order valence-electron chi connectivity index (χ4n) is 3.40. The number of benzene rings is 2. The Morgan fingerprint density at radius 3 is 2.18 bits per heavy atom. The van der Waals surface area contributed by atoms with E-state index in [2.05, 4.69) is 4.98 Å². The largest absolute Gasteiger partial charge is 0.388 e. The normalized spacial score (nSPS) is 11.2. The quantitative estimate of drug-likeness (QED) is 0.587. The first-order valence-electron chi connectivity index (χ1n) is 8.91. The van der Waals surface area contributed by atoms with E-state index in [4.69, 9.17) is 0 Å². The summed E-state index contributed by atoms with van der Waals surface area (Å²) in [5.74, 6) is 0.348. The number of nitrogens with zero attached hydrogens (tertiary/aromatic N) is 4. The number of rotatable bonds is 4. The Balaban J connectivity index is 1.80. The third-order valence-electron chi connectivity index (χ3n) is 4.97. The third-order valence-corrected chi connectivity index (χ3v) is 4.97. The fourth-order valence-corrected chi connectivity index (χ4v) is 3.40. The first kappa shape index (κ1) is 17.9. The summed E-state index contributed by atoms with van der Waals surface area (Å²) in [5, 5.41) is 9.73. The summed E-state index contributed by atoms with van der Waals surface area (Å²) in [6.45, 7) is 0.0447. The van der Waals surface area contributed by atoms with Gasteiger partial charge in [0.25, 0.3) is 5.56 Å². The zero-order chi connectivity index (χ0) is 19.8. The van der Waals surface area contributed by atoms with Gasteiger partial charge >= 0.3 is 5.69 Å². The van der Waals surface area contributed by atoms with Gasteiger partial charge < -0.3 is 9.67 Å². The number of hydrogen-bond acceptors (Lipinski definition) is 4. The van der Waals surface area contributed by atoms with E-state index in [1.165, 1.54) is 11.6 Å². The van der Waals surface area contributed by atoms with Crippen LogP contribution < -0.4 is 11.2 Å². The van der Waals surface area contributed by atoms with Crippen LogP contribution in [0.2, 0.25) is 0 Å². The lowest BCUT2D eigenvalue weighted by Gasteiger charge is -2.10. The van der Waals surface area contributed by atoms with Crippen molar-refractivity contribution in [3.63, 3.8) is 0 Å². The lowest BCUT2D eigenvalue weighted by molar-refractivity contribution is 0.267. The number of aryl methyl sites for hydroxylation is 1. The van der Waals surface area contributed by atoms with Gasteiger partial charge in [-0.15, -0.1) is 0 Å². The van der Waals surface area contributed by atoms with E-state index >= 15 is 0 Å². The monoisotopic (exact) mass is 376 g/mol. The molecular weight excluding hydrogens is 356 g/mol. The Morgan fingerprint density at radius 2 is 1.54 bits per heavy atom. The van der Waals surface area contributed by atoms with Gasteiger partial charge in [-0.3, -0.25) is 13.9 Å². The minimum atomic E-state index is -0.446. The Morgan fingerprint density at radius 1 is 0.893 bits per heavy atom. The average molecular weight is 376 g/mol. The number of hydrogen-bond donors (Lipinski definition) is 1. The highest BCUT2D eigenvalue weighted by Crippen LogP contribution is 2.20. The number of fused-ring (bicyclic) bond motifs is 1. The highest BCUT2D eigenvalue weighted by atomic mass is 16.3. The molecule has 28 heavy (non-hydrogen) atoms. The molecule has 142 valence electrons. The van der Waals surface area contributed by atoms with Crippen LogP contribution >= 0.6 is 0 Å². The Bertz CT molecular complexity index is 1270. The zero-order valence-electron chi connectivity index (χ0n) is 15.7. The van der Waals surface area contributed by atoms with Crippen LogP contribution in [0.1, 0.15) is 11.4 Å². The van der Waals surface area contributed by atoms with Crippen LogP contribution in [0.25, 0.3) is 22.3 Å². The number of aliphatic hydroxyl groups excluding tert-OH is 1. The lowest BCUT2D eigenvalue weighted by atomic mass is 10.0. The van der Waals surface area contributed by atoms with Crippen molar-refractivity contribution < 1.29 is 5.11 Å². The van der Waals surface area contributed by atoms with Gasteiger partial charge in [-0.2, -0.15) is 0 Å². The summed E-state index contributed by atoms with van der Waals surface area (Å²) in [7, 11) is 3.01. The van der Waals surface area contributed by atoms with Gasteiger partial charge in [0.05, 0.1) is 0 Å². The van der Waals surface area contributed by atoms with Crippen molar-refractivity contribution in [1.29, 1.82) is 0 Å². The topological polar surface area (TPSA) is 82.1 Å². The van der Waals surface area contributed by atoms with Crippen LogP contribution in [0, 0.1) is 0 Å². The molecule has 0 saturated heterocycles. The predicted octanol–water partition coefficient (Wildman–Crippen LogP) is 1.64. The van der Waals surface area contributed by atoms with E-state index in [1.54, 1.807) is 11.6 Å². The standard InChI is InChI=1S/C21H20N4O3/c1-23-19-18(20(27)24(2)21(23)28)25(17(13-26)22-19)12-14-8-10-16(11-9-14)15-6-4-3-5-7-15/h3-11,26H,12-13H2,1-2H3. The minimum absolute atomic E-state index is 0.276. The average Bonchev–Trinajstić information content (AvgIpc) is 3.10. The molecule has 0 radical (unpaired) electrons. The smallest absolute Gasteiger partial charge is 0.332 e. The van der Waals surface area contributed by atoms with Gasteiger partial charge in [-0.25, -0.2) is 9.78 Å². The molecule has 0 bridgehead atoms. The van der Waals surface area contributed by atoms with Crippen molar-refractivity contribution in [3.8, 4) is 11.1 Å². The Kier molecular flexibility index (Phi) is 4.44. The highest BCUT2D eigenvalue weighted by Gasteiger charge is 2.18. The zero-order valence-corrected chi connectivity index (χ0v) is 15.7. The summed E-state index contributed by atoms with van der Waals surface area (Å²) in [5.41, 5.74) is 2.90. The first-order valence-corrected chi connectivity index (χ1v) is 8.91. The fraction of sp³-hybridized carbons (Fsp3) is 0.190. The molecular formula is C21H20N4O3. The molecule has 0 amide bonds. The van der Waals surface area contributed by atoms with E-state index in [0.29, 0.717) is 17.9 Å². The van der Waals surface area contributed by atoms with Gasteiger partial charge in [-0.05, 0) is 16.7 Å². The predicted molar refractivity (Wildman–Crippen MR) is 107 cm³/mol. The number of imidazole rings is 1. The van der Waals surface area contributed by atoms with E-state index in [9.17, 15) is 14.7 Å². The van der Waals surface area contributed by atoms with Crippen LogP contribution in [-0.4, -0.2) is 23.8 Å². The number of aliphatic hydroxyl groups is 1. The third kappa shape index (κ3) is 2.86. The van der Waals surface area contributed by atoms with Crippen molar-refractivity contribution in [1.82, 2.24) is 18.7 Å². The molecule has 7 nitrogen and oxygen atoms in total. The molecule has 0 atom stereocenters. The second kappa shape index (κ2) is 6.94. The van der Waals surface area contributed by atoms with E-state index in [1.807, 2.05) is 54.6 Å². The molecule has 0 aliphatic heterocycles. The van der Waals surface area contributed by atoms with Crippen molar-refractivity contribution in [2.45, 2.75) is 13.2 Å². The summed E-state index contributed by atoms with van der Waals surface area (Å²) in [6.07, 6.45) is 0. The maximum absolute atomic E-state index is 12.7. The molecule has 0 aliphatic carbocycles. The Labute approximate surface area is 160 Å². The molecule has 0 fully saturated rings. The summed E-state index contributed by atoms with van der Waals surface area (Å²) < 4.78 is 4.06. The van der Waals surface area contributed by atoms with Crippen molar-refractivity contribution in [3.05, 3.63) is 86.8 Å². The maximum Gasteiger partial charge on any atom is 0.332 e. The minimum Gasteiger partial charge on any atom is -0.388 e. The molecule has 4 aromatic rings. The van der Waals surface area contributed by atoms with Crippen molar-refractivity contribution in [2.24, 2.45) is 14.1 Å². The summed E-state index contributed by atoms with van der Waals surface area (Å²) in [4.78, 5) is 29.2. The van der Waals surface area contributed by atoms with Gasteiger partial charge in [-0.1, -0.05) is 54.6 Å². The first-order chi connectivity index (χ1) is 13.5. The molecule has 4 rings (SSSR count). The second-order valence-electron chi connectivity index (χ2n) is 6.71. The summed E-state index contributed by atoms with van der Waals surface area (Å²) >= 11 is 0. The second-order valence-corrected chi connectivity index (χ2v) is 6.71. The van der Waals surface area contributed by atoms with E-state index in [0.717, 1.165) is 21.3 Å². The molecule has 2 heterocycles. The van der Waals surface area contributed by atoms with Gasteiger partial charge in [0.15, 0.2) is 11.2 Å². The van der Waals surface area contributed by atoms with E-state index < -0.39 is 11.2 Å². The van der Waals surface area contributed by atoms with Crippen LogP contribution in [0.3, 0.4) is 0 Å². The lowest BCUT2D eigenvalue weighted by Crippen LogP contribution is -2.37. The number of aromatic nitrogens is 4. The van der Waals surface area contributed by atoms with E-state index in [-0.39, 0.29) is 12.3 Å². The van der Waals surface area contributed by atoms with Crippen LogP contribution in [0.5, 0.6) is 0 Å². The van der Waals surface area contributed by atoms with Gasteiger partial charge in [0, 0.05) is 20.6 Å². The van der Waals surface area contributed by atoms with Crippen molar-refractivity contribution in [2.75, 3.05) is 0 Å². The molecule has 2 aromatic carbocycles. The maximum atomic E-state index is 12.7. The Hall–Kier alpha value is -3.45. The van der Waals surface area contributed by atoms with Crippen LogP contribution in [-0.2, 0) is 27.2 Å². The highest BCUT2D eigenvalue weighted by molar-refractivity contribution is 5.71. The van der Waals surface area contributed by atoms with Gasteiger partial charge in [0.2, 0.25) is 0 Å². The summed E-state index contributed by atoms with van der Waals surface area (Å²) in [6, 6.07) is 18.1. The molecule has 2 aromatic heterocycles.